The molecule has 28 heavy (non-hydrogen) atoms. The molecule has 12 nitrogen and oxygen atoms in total. The highest BCUT2D eigenvalue weighted by atomic mass is 16.7. The number of hydrogen-bond acceptors (Lipinski definition) is 12. The van der Waals surface area contributed by atoms with Crippen molar-refractivity contribution in [2.24, 2.45) is 0 Å². The van der Waals surface area contributed by atoms with Crippen LogP contribution < -0.4 is 0 Å². The standard InChI is InChI=1S/2C6H6O2.B2H4O5.B2H2O3/c2*7-5-3-1-2-4-6(5)8;3-1(4)7-2(5)6;3-1-5-2-4/h2*1-4,7-8H;3-6H;3-4H. The lowest BCUT2D eigenvalue weighted by Crippen LogP contribution is -2.28. The highest BCUT2D eigenvalue weighted by Gasteiger charge is 2.18. The van der Waals surface area contributed by atoms with Gasteiger partial charge in [-0.15, -0.1) is 0 Å². The van der Waals surface area contributed by atoms with E-state index >= 15 is 0 Å². The van der Waals surface area contributed by atoms with Crippen molar-refractivity contribution in [3.8, 4) is 23.0 Å². The van der Waals surface area contributed by atoms with Crippen LogP contribution in [0.2, 0.25) is 0 Å². The average molecular weight is 398 g/mol. The Morgan fingerprint density at radius 3 is 0.893 bits per heavy atom. The summed E-state index contributed by atoms with van der Waals surface area (Å²) in [6, 6.07) is 12.3. The fraction of sp³-hybridized carbons (Fsp3) is 0. The normalized spacial score (nSPS) is 8.50. The van der Waals surface area contributed by atoms with Gasteiger partial charge in [-0.1, -0.05) is 24.3 Å². The Morgan fingerprint density at radius 1 is 0.571 bits per heavy atom. The molecule has 0 aliphatic heterocycles. The molecule has 0 aliphatic rings. The fourth-order valence-corrected chi connectivity index (χ4v) is 1.06. The van der Waals surface area contributed by atoms with Gasteiger partial charge in [0.05, 0.1) is 0 Å². The second-order valence-electron chi connectivity index (χ2n) is 4.11. The molecule has 0 saturated carbocycles. The second kappa shape index (κ2) is 18.0. The third-order valence-corrected chi connectivity index (χ3v) is 2.13. The van der Waals surface area contributed by atoms with Crippen LogP contribution in [-0.2, 0) is 9.14 Å². The van der Waals surface area contributed by atoms with Crippen molar-refractivity contribution in [1.82, 2.24) is 0 Å². The fourth-order valence-electron chi connectivity index (χ4n) is 1.06. The third kappa shape index (κ3) is 18.4. The van der Waals surface area contributed by atoms with Gasteiger partial charge in [0, 0.05) is 0 Å². The zero-order valence-corrected chi connectivity index (χ0v) is 14.2. The summed E-state index contributed by atoms with van der Waals surface area (Å²) in [5.74, 6) is -0.306. The maximum Gasteiger partial charge on any atom is 0.621 e. The second-order valence-corrected chi connectivity index (χ2v) is 4.11. The molecule has 2 aromatic carbocycles. The maximum absolute atomic E-state index is 8.67. The van der Waals surface area contributed by atoms with Crippen LogP contribution in [-0.4, -0.2) is 80.6 Å². The van der Waals surface area contributed by atoms with E-state index in [1.807, 2.05) is 0 Å². The molecule has 0 atom stereocenters. The topological polar surface area (TPSA) is 221 Å². The molecule has 0 aliphatic carbocycles. The Labute approximate surface area is 162 Å². The Bertz CT molecular complexity index is 525. The van der Waals surface area contributed by atoms with Crippen LogP contribution in [0, 0.1) is 0 Å². The smallest absolute Gasteiger partial charge is 0.504 e. The molecule has 0 amide bonds. The first kappa shape index (κ1) is 27.8. The minimum Gasteiger partial charge on any atom is -0.504 e. The van der Waals surface area contributed by atoms with Gasteiger partial charge in [-0.2, -0.15) is 0 Å². The van der Waals surface area contributed by atoms with Gasteiger partial charge in [0.15, 0.2) is 23.0 Å². The van der Waals surface area contributed by atoms with Crippen molar-refractivity contribution in [2.45, 2.75) is 0 Å². The molecule has 10 N–H and O–H groups in total. The molecule has 0 aromatic heterocycles. The predicted molar refractivity (Wildman–Crippen MR) is 98.0 cm³/mol. The van der Waals surface area contributed by atoms with Crippen molar-refractivity contribution in [1.29, 1.82) is 0 Å². The lowest BCUT2D eigenvalue weighted by molar-refractivity contribution is 0.213. The van der Waals surface area contributed by atoms with E-state index in [1.165, 1.54) is 24.3 Å². The molecule has 0 unspecified atom stereocenters. The van der Waals surface area contributed by atoms with Gasteiger partial charge in [0.2, 0.25) is 0 Å². The summed E-state index contributed by atoms with van der Waals surface area (Å²) < 4.78 is 7.17. The highest BCUT2D eigenvalue weighted by Crippen LogP contribution is 2.21. The SMILES string of the molecule is OB(O)OB(O)O.O[B]O[B]O.Oc1ccccc1O.Oc1ccccc1O. The summed E-state index contributed by atoms with van der Waals surface area (Å²) in [5, 5.41) is 80.7. The number of hydrogen-bond donors (Lipinski definition) is 10. The molecule has 0 heterocycles. The number of phenols is 4. The zero-order chi connectivity index (χ0) is 21.9. The zero-order valence-electron chi connectivity index (χ0n) is 14.2. The largest absolute Gasteiger partial charge is 0.621 e. The molecular formula is C12H18B4O12. The molecular weight excluding hydrogens is 379 g/mol. The van der Waals surface area contributed by atoms with E-state index in [0.717, 1.165) is 0 Å². The van der Waals surface area contributed by atoms with Gasteiger partial charge in [0.25, 0.3) is 0 Å². The number of para-hydroxylation sites is 4. The molecule has 2 radical (unpaired) electrons. The Hall–Kier alpha value is -2.42. The van der Waals surface area contributed by atoms with E-state index in [2.05, 4.69) is 9.14 Å². The molecule has 0 spiro atoms. The summed E-state index contributed by atoms with van der Waals surface area (Å²) in [5.41, 5.74) is 0. The summed E-state index contributed by atoms with van der Waals surface area (Å²) in [6.07, 6.45) is 0. The average Bonchev–Trinajstić information content (AvgIpc) is 2.61. The van der Waals surface area contributed by atoms with Crippen LogP contribution >= 0.6 is 0 Å². The van der Waals surface area contributed by atoms with Crippen LogP contribution in [0.5, 0.6) is 23.0 Å². The number of rotatable bonds is 4. The molecule has 0 saturated heterocycles. The summed E-state index contributed by atoms with van der Waals surface area (Å²) in [6.45, 7) is 0. The van der Waals surface area contributed by atoms with Gasteiger partial charge in [0.1, 0.15) is 0 Å². The molecule has 2 aromatic rings. The van der Waals surface area contributed by atoms with Gasteiger partial charge < -0.3 is 59.7 Å². The number of phenolic OH excluding ortho intramolecular Hbond substituents is 4. The monoisotopic (exact) mass is 398 g/mol. The van der Waals surface area contributed by atoms with E-state index in [4.69, 9.17) is 50.6 Å². The van der Waals surface area contributed by atoms with Crippen LogP contribution in [0.25, 0.3) is 0 Å². The Balaban J connectivity index is 0. The van der Waals surface area contributed by atoms with Crippen molar-refractivity contribution in [3.05, 3.63) is 48.5 Å². The van der Waals surface area contributed by atoms with Crippen LogP contribution in [0.15, 0.2) is 48.5 Å². The van der Waals surface area contributed by atoms with E-state index in [-0.39, 0.29) is 23.0 Å². The first-order valence-corrected chi connectivity index (χ1v) is 7.04. The van der Waals surface area contributed by atoms with Crippen molar-refractivity contribution >= 4 is 30.0 Å². The van der Waals surface area contributed by atoms with E-state index in [9.17, 15) is 0 Å². The summed E-state index contributed by atoms with van der Waals surface area (Å²) >= 11 is 0. The summed E-state index contributed by atoms with van der Waals surface area (Å²) in [7, 11) is -3.50. The van der Waals surface area contributed by atoms with Crippen LogP contribution in [0.3, 0.4) is 0 Å². The Kier molecular flexibility index (Phi) is 17.8. The van der Waals surface area contributed by atoms with E-state index in [1.54, 1.807) is 24.3 Å². The van der Waals surface area contributed by atoms with Crippen molar-refractivity contribution in [3.63, 3.8) is 0 Å². The van der Waals surface area contributed by atoms with Gasteiger partial charge in [-0.3, -0.25) is 0 Å². The highest BCUT2D eigenvalue weighted by molar-refractivity contribution is 6.48. The molecule has 16 heteroatoms. The van der Waals surface area contributed by atoms with Gasteiger partial charge in [-0.05, 0) is 24.3 Å². The molecule has 0 bridgehead atoms. The minimum atomic E-state index is -2.13. The first-order chi connectivity index (χ1) is 13.1. The van der Waals surface area contributed by atoms with Crippen LogP contribution in [0.4, 0.5) is 0 Å². The number of benzene rings is 2. The Morgan fingerprint density at radius 2 is 0.821 bits per heavy atom. The lowest BCUT2D eigenvalue weighted by Gasteiger charge is -1.95. The minimum absolute atomic E-state index is 0.0764. The maximum atomic E-state index is 8.67. The third-order valence-electron chi connectivity index (χ3n) is 2.13. The van der Waals surface area contributed by atoms with Gasteiger partial charge >= 0.3 is 30.0 Å². The van der Waals surface area contributed by atoms with Gasteiger partial charge in [-0.25, -0.2) is 0 Å². The molecule has 0 fully saturated rings. The summed E-state index contributed by atoms with van der Waals surface area (Å²) in [4.78, 5) is 0. The lowest BCUT2D eigenvalue weighted by atomic mass is 10.1. The van der Waals surface area contributed by atoms with Crippen molar-refractivity contribution < 1.29 is 59.7 Å². The van der Waals surface area contributed by atoms with E-state index in [0.29, 0.717) is 15.4 Å². The predicted octanol–water partition coefficient (Wildman–Crippen LogP) is -2.81. The van der Waals surface area contributed by atoms with E-state index < -0.39 is 14.6 Å². The number of aromatic hydroxyl groups is 4. The van der Waals surface area contributed by atoms with Crippen LogP contribution in [0.1, 0.15) is 0 Å². The molecule has 150 valence electrons. The quantitative estimate of drug-likeness (QED) is 0.187. The van der Waals surface area contributed by atoms with Crippen molar-refractivity contribution in [2.75, 3.05) is 0 Å². The molecule has 2 rings (SSSR count). The first-order valence-electron chi connectivity index (χ1n) is 7.04.